The highest BCUT2D eigenvalue weighted by Crippen LogP contribution is 2.38. The fourth-order valence-electron chi connectivity index (χ4n) is 0.751. The lowest BCUT2D eigenvalue weighted by molar-refractivity contribution is 0.320. The molecule has 0 unspecified atom stereocenters. The zero-order chi connectivity index (χ0) is 9.94. The van der Waals surface area contributed by atoms with Gasteiger partial charge >= 0.3 is 7.75 Å². The molecule has 0 radical (unpaired) electrons. The second-order valence-electron chi connectivity index (χ2n) is 2.45. The molecule has 0 spiro atoms. The van der Waals surface area contributed by atoms with Gasteiger partial charge in [-0.15, -0.1) is 0 Å². The van der Waals surface area contributed by atoms with E-state index in [1.54, 1.807) is 14.1 Å². The zero-order valence-electron chi connectivity index (χ0n) is 7.59. The van der Waals surface area contributed by atoms with E-state index >= 15 is 0 Å². The van der Waals surface area contributed by atoms with E-state index in [0.717, 1.165) is 4.67 Å². The third kappa shape index (κ3) is 2.81. The number of hydrogen-bond donors (Lipinski definition) is 2. The van der Waals surface area contributed by atoms with Crippen LogP contribution in [-0.2, 0) is 4.57 Å². The molecule has 0 aliphatic rings. The van der Waals surface area contributed by atoms with E-state index in [0.29, 0.717) is 0 Å². The molecule has 0 aliphatic heterocycles. The van der Waals surface area contributed by atoms with Crippen LogP contribution in [0.15, 0.2) is 4.99 Å². The molecule has 0 fully saturated rings. The van der Waals surface area contributed by atoms with Gasteiger partial charge in [0.25, 0.3) is 0 Å². The van der Waals surface area contributed by atoms with Gasteiger partial charge in [-0.05, 0) is 0 Å². The fraction of sp³-hybridized carbons (Fsp3) is 0.800. The Labute approximate surface area is 71.7 Å². The lowest BCUT2D eigenvalue weighted by atomic mass is 10.8. The molecular formula is C5H14N3O3P. The molecule has 7 heteroatoms. The molecule has 72 valence electrons. The molecule has 2 N–H and O–H groups in total. The first kappa shape index (κ1) is 11.4. The Morgan fingerprint density at radius 1 is 1.33 bits per heavy atom. The Hall–Kier alpha value is -0.580. The van der Waals surface area contributed by atoms with Crippen LogP contribution in [-0.4, -0.2) is 53.5 Å². The maximum atomic E-state index is 10.7. The molecule has 0 aromatic rings. The molecule has 0 saturated heterocycles. The minimum atomic E-state index is -4.22. The second kappa shape index (κ2) is 3.89. The van der Waals surface area contributed by atoms with Crippen LogP contribution in [0.2, 0.25) is 0 Å². The van der Waals surface area contributed by atoms with E-state index in [-0.39, 0.29) is 5.96 Å². The van der Waals surface area contributed by atoms with Gasteiger partial charge in [-0.25, -0.2) is 4.57 Å². The van der Waals surface area contributed by atoms with Crippen molar-refractivity contribution in [2.24, 2.45) is 4.99 Å². The fourth-order valence-corrected chi connectivity index (χ4v) is 1.25. The number of nitrogens with zero attached hydrogens (tertiary/aromatic N) is 3. The molecule has 6 nitrogen and oxygen atoms in total. The summed E-state index contributed by atoms with van der Waals surface area (Å²) in [5.41, 5.74) is 0. The van der Waals surface area contributed by atoms with Gasteiger partial charge < -0.3 is 14.7 Å². The average molecular weight is 195 g/mol. The Bertz CT molecular complexity index is 222. The minimum Gasteiger partial charge on any atom is -0.349 e. The van der Waals surface area contributed by atoms with Gasteiger partial charge in [-0.1, -0.05) is 0 Å². The predicted octanol–water partition coefficient (Wildman–Crippen LogP) is -0.442. The number of hydrogen-bond acceptors (Lipinski definition) is 2. The van der Waals surface area contributed by atoms with Gasteiger partial charge in [0.1, 0.15) is 0 Å². The van der Waals surface area contributed by atoms with Crippen molar-refractivity contribution in [3.63, 3.8) is 0 Å². The molecule has 0 aromatic carbocycles. The van der Waals surface area contributed by atoms with Crippen molar-refractivity contribution in [3.05, 3.63) is 0 Å². The summed E-state index contributed by atoms with van der Waals surface area (Å²) in [6.07, 6.45) is 0. The first-order valence-electron chi connectivity index (χ1n) is 3.24. The summed E-state index contributed by atoms with van der Waals surface area (Å²) in [5, 5.41) is 0. The van der Waals surface area contributed by atoms with Gasteiger partial charge in [0.2, 0.25) is 5.96 Å². The van der Waals surface area contributed by atoms with E-state index in [1.807, 2.05) is 0 Å². The Morgan fingerprint density at radius 2 is 1.75 bits per heavy atom. The summed E-state index contributed by atoms with van der Waals surface area (Å²) in [7, 11) is 1.87. The molecule has 0 bridgehead atoms. The van der Waals surface area contributed by atoms with Crippen LogP contribution in [0.25, 0.3) is 0 Å². The molecule has 0 amide bonds. The highest BCUT2D eigenvalue weighted by atomic mass is 31.2. The van der Waals surface area contributed by atoms with Crippen LogP contribution in [0.1, 0.15) is 0 Å². The number of guanidine groups is 1. The van der Waals surface area contributed by atoms with E-state index in [4.69, 9.17) is 9.79 Å². The van der Waals surface area contributed by atoms with Crippen LogP contribution < -0.4 is 0 Å². The number of rotatable bonds is 1. The second-order valence-corrected chi connectivity index (χ2v) is 4.08. The summed E-state index contributed by atoms with van der Waals surface area (Å²) < 4.78 is 11.6. The van der Waals surface area contributed by atoms with Crippen molar-refractivity contribution in [2.45, 2.75) is 0 Å². The summed E-state index contributed by atoms with van der Waals surface area (Å²) >= 11 is 0. The van der Waals surface area contributed by atoms with Gasteiger partial charge in [-0.2, -0.15) is 0 Å². The monoisotopic (exact) mass is 195 g/mol. The Morgan fingerprint density at radius 3 is 1.83 bits per heavy atom. The zero-order valence-corrected chi connectivity index (χ0v) is 8.49. The smallest absolute Gasteiger partial charge is 0.349 e. The van der Waals surface area contributed by atoms with Crippen LogP contribution >= 0.6 is 7.75 Å². The van der Waals surface area contributed by atoms with Gasteiger partial charge in [0, 0.05) is 28.2 Å². The lowest BCUT2D eigenvalue weighted by Crippen LogP contribution is -2.35. The summed E-state index contributed by atoms with van der Waals surface area (Å²) in [4.78, 5) is 22.8. The van der Waals surface area contributed by atoms with Crippen LogP contribution in [0.3, 0.4) is 0 Å². The highest BCUT2D eigenvalue weighted by Gasteiger charge is 2.25. The SMILES string of the molecule is CN=C(N(C)C)N(C)P(=O)(O)O. The van der Waals surface area contributed by atoms with E-state index in [2.05, 4.69) is 4.99 Å². The Balaban J connectivity index is 4.68. The first-order chi connectivity index (χ1) is 5.30. The topological polar surface area (TPSA) is 76.4 Å². The number of aliphatic imine (C=N–C) groups is 1. The van der Waals surface area contributed by atoms with Crippen molar-refractivity contribution >= 4 is 13.7 Å². The van der Waals surface area contributed by atoms with Crippen molar-refractivity contribution in [2.75, 3.05) is 28.2 Å². The largest absolute Gasteiger partial charge is 0.432 e. The summed E-state index contributed by atoms with van der Waals surface area (Å²) in [5.74, 6) is 0.239. The van der Waals surface area contributed by atoms with Gasteiger partial charge in [-0.3, -0.25) is 9.66 Å². The lowest BCUT2D eigenvalue weighted by Gasteiger charge is -2.26. The standard InChI is InChI=1S/C5H14N3O3P/c1-6-5(7(2)3)8(4)12(9,10)11/h1-4H3,(H2,9,10,11). The average Bonchev–Trinajstić information content (AvgIpc) is 1.86. The van der Waals surface area contributed by atoms with E-state index in [1.165, 1.54) is 19.0 Å². The third-order valence-electron chi connectivity index (χ3n) is 1.28. The molecule has 12 heavy (non-hydrogen) atoms. The molecule has 0 saturated carbocycles. The molecule has 0 rings (SSSR count). The predicted molar refractivity (Wildman–Crippen MR) is 46.9 cm³/mol. The van der Waals surface area contributed by atoms with Crippen molar-refractivity contribution in [1.82, 2.24) is 9.57 Å². The normalized spacial score (nSPS) is 13.0. The van der Waals surface area contributed by atoms with Crippen molar-refractivity contribution in [3.8, 4) is 0 Å². The Kier molecular flexibility index (Phi) is 3.70. The quantitative estimate of drug-likeness (QED) is 0.337. The molecular weight excluding hydrogens is 181 g/mol. The van der Waals surface area contributed by atoms with E-state index in [9.17, 15) is 4.57 Å². The molecule has 0 atom stereocenters. The first-order valence-corrected chi connectivity index (χ1v) is 4.81. The van der Waals surface area contributed by atoms with E-state index < -0.39 is 7.75 Å². The van der Waals surface area contributed by atoms with Crippen molar-refractivity contribution < 1.29 is 14.4 Å². The third-order valence-corrected chi connectivity index (χ3v) is 2.24. The van der Waals surface area contributed by atoms with Crippen LogP contribution in [0.5, 0.6) is 0 Å². The van der Waals surface area contributed by atoms with Crippen molar-refractivity contribution in [1.29, 1.82) is 0 Å². The van der Waals surface area contributed by atoms with Gasteiger partial charge in [0.05, 0.1) is 0 Å². The van der Waals surface area contributed by atoms with Crippen LogP contribution in [0, 0.1) is 0 Å². The molecule has 0 aromatic heterocycles. The highest BCUT2D eigenvalue weighted by molar-refractivity contribution is 7.49. The maximum Gasteiger partial charge on any atom is 0.432 e. The summed E-state index contributed by atoms with van der Waals surface area (Å²) in [6, 6.07) is 0. The maximum absolute atomic E-state index is 10.7. The molecule has 0 heterocycles. The minimum absolute atomic E-state index is 0.239. The summed E-state index contributed by atoms with van der Waals surface area (Å²) in [6.45, 7) is 0. The van der Waals surface area contributed by atoms with Crippen LogP contribution in [0.4, 0.5) is 0 Å². The molecule has 0 aliphatic carbocycles. The van der Waals surface area contributed by atoms with Gasteiger partial charge in [0.15, 0.2) is 0 Å².